The fraction of sp³-hybridized carbons (Fsp3) is 0.588. The number of fused-ring (bicyclic) bond motifs is 1. The smallest absolute Gasteiger partial charge is 0.254 e. The first-order chi connectivity index (χ1) is 10.1. The summed E-state index contributed by atoms with van der Waals surface area (Å²) in [6.07, 6.45) is 1.05. The van der Waals surface area contributed by atoms with E-state index in [0.29, 0.717) is 17.9 Å². The van der Waals surface area contributed by atoms with E-state index in [4.69, 9.17) is 0 Å². The van der Waals surface area contributed by atoms with Gasteiger partial charge in [-0.2, -0.15) is 0 Å². The van der Waals surface area contributed by atoms with Crippen LogP contribution in [-0.2, 0) is 0 Å². The molecule has 1 amide bonds. The van der Waals surface area contributed by atoms with Crippen LogP contribution in [0.4, 0.5) is 5.69 Å². The molecule has 0 bridgehead atoms. The Hall–Kier alpha value is -1.55. The van der Waals surface area contributed by atoms with Crippen molar-refractivity contribution in [3.05, 3.63) is 29.8 Å². The van der Waals surface area contributed by atoms with Gasteiger partial charge in [0.05, 0.1) is 0 Å². The van der Waals surface area contributed by atoms with Gasteiger partial charge in [0.15, 0.2) is 0 Å². The Morgan fingerprint density at radius 1 is 1.29 bits per heavy atom. The van der Waals surface area contributed by atoms with Crippen molar-refractivity contribution in [2.45, 2.75) is 19.4 Å². The molecular formula is C17H25N3O. The summed E-state index contributed by atoms with van der Waals surface area (Å²) in [5.74, 6) is 1.47. The van der Waals surface area contributed by atoms with Crippen LogP contribution in [0.1, 0.15) is 23.7 Å². The molecule has 2 aliphatic rings. The van der Waals surface area contributed by atoms with Gasteiger partial charge in [-0.15, -0.1) is 0 Å². The van der Waals surface area contributed by atoms with E-state index in [-0.39, 0.29) is 5.91 Å². The lowest BCUT2D eigenvalue weighted by Crippen LogP contribution is -2.39. The zero-order valence-electron chi connectivity index (χ0n) is 13.2. The third-order valence-electron chi connectivity index (χ3n) is 5.03. The van der Waals surface area contributed by atoms with Gasteiger partial charge in [-0.05, 0) is 42.5 Å². The van der Waals surface area contributed by atoms with Gasteiger partial charge in [0, 0.05) is 51.0 Å². The predicted molar refractivity (Wildman–Crippen MR) is 85.7 cm³/mol. The summed E-state index contributed by atoms with van der Waals surface area (Å²) in [6, 6.07) is 8.35. The lowest BCUT2D eigenvalue weighted by Gasteiger charge is -2.27. The van der Waals surface area contributed by atoms with Gasteiger partial charge >= 0.3 is 0 Å². The molecule has 3 rings (SSSR count). The van der Waals surface area contributed by atoms with Crippen LogP contribution in [0.3, 0.4) is 0 Å². The summed E-state index contributed by atoms with van der Waals surface area (Å²) in [5.41, 5.74) is 1.94. The van der Waals surface area contributed by atoms with E-state index in [1.54, 1.807) is 0 Å². The van der Waals surface area contributed by atoms with Crippen LogP contribution in [0.2, 0.25) is 0 Å². The number of rotatable bonds is 3. The molecule has 4 nitrogen and oxygen atoms in total. The summed E-state index contributed by atoms with van der Waals surface area (Å²) in [4.78, 5) is 17.0. The number of benzene rings is 1. The minimum absolute atomic E-state index is 0.196. The van der Waals surface area contributed by atoms with Crippen LogP contribution >= 0.6 is 0 Å². The Balaban J connectivity index is 1.78. The Labute approximate surface area is 127 Å². The van der Waals surface area contributed by atoms with E-state index in [1.807, 2.05) is 38.4 Å². The summed E-state index contributed by atoms with van der Waals surface area (Å²) in [6.45, 7) is 5.22. The second-order valence-electron chi connectivity index (χ2n) is 6.46. The monoisotopic (exact) mass is 287 g/mol. The van der Waals surface area contributed by atoms with Gasteiger partial charge in [0.2, 0.25) is 0 Å². The van der Waals surface area contributed by atoms with Crippen LogP contribution in [0.25, 0.3) is 0 Å². The van der Waals surface area contributed by atoms with Crippen molar-refractivity contribution in [1.82, 2.24) is 10.2 Å². The van der Waals surface area contributed by atoms with Crippen molar-refractivity contribution < 1.29 is 4.79 Å². The first-order valence-electron chi connectivity index (χ1n) is 7.91. The van der Waals surface area contributed by atoms with Crippen molar-refractivity contribution in [2.75, 3.05) is 38.6 Å². The zero-order valence-corrected chi connectivity index (χ0v) is 13.2. The molecule has 1 aromatic rings. The maximum Gasteiger partial charge on any atom is 0.254 e. The molecule has 1 N–H and O–H groups in total. The standard InChI is InChI=1S/C17H25N3O/c1-4-16-15-10-18-9-13(15)11-20(16)17(21)12-5-7-14(8-6-12)19(2)3/h5-8,13,15-16,18H,4,9-11H2,1-3H3. The molecule has 0 aliphatic carbocycles. The van der Waals surface area contributed by atoms with E-state index in [0.717, 1.165) is 37.3 Å². The SMILES string of the molecule is CCC1C2CNCC2CN1C(=O)c1ccc(N(C)C)cc1. The number of nitrogens with one attached hydrogen (secondary N) is 1. The average molecular weight is 287 g/mol. The molecule has 3 atom stereocenters. The third kappa shape index (κ3) is 2.53. The van der Waals surface area contributed by atoms with Gasteiger partial charge in [-0.3, -0.25) is 4.79 Å². The highest BCUT2D eigenvalue weighted by Gasteiger charge is 2.45. The Bertz CT molecular complexity index is 511. The number of amides is 1. The molecule has 3 unspecified atom stereocenters. The normalized spacial score (nSPS) is 27.8. The Morgan fingerprint density at radius 2 is 2.00 bits per heavy atom. The maximum absolute atomic E-state index is 12.8. The zero-order chi connectivity index (χ0) is 15.0. The largest absolute Gasteiger partial charge is 0.378 e. The molecule has 2 heterocycles. The molecule has 0 saturated carbocycles. The fourth-order valence-corrected chi connectivity index (χ4v) is 3.85. The van der Waals surface area contributed by atoms with Crippen molar-refractivity contribution in [3.63, 3.8) is 0 Å². The van der Waals surface area contributed by atoms with Crippen LogP contribution in [0.5, 0.6) is 0 Å². The number of anilines is 1. The minimum Gasteiger partial charge on any atom is -0.378 e. The molecule has 0 aromatic heterocycles. The van der Waals surface area contributed by atoms with Crippen LogP contribution in [0.15, 0.2) is 24.3 Å². The van der Waals surface area contributed by atoms with E-state index in [2.05, 4.69) is 22.0 Å². The van der Waals surface area contributed by atoms with Crippen LogP contribution in [-0.4, -0.2) is 50.6 Å². The van der Waals surface area contributed by atoms with E-state index >= 15 is 0 Å². The van der Waals surface area contributed by atoms with Gasteiger partial charge in [0.1, 0.15) is 0 Å². The van der Waals surface area contributed by atoms with E-state index in [1.165, 1.54) is 0 Å². The molecule has 21 heavy (non-hydrogen) atoms. The number of nitrogens with zero attached hydrogens (tertiary/aromatic N) is 2. The van der Waals surface area contributed by atoms with Crippen LogP contribution in [0, 0.1) is 11.8 Å². The molecule has 1 aromatic carbocycles. The molecule has 2 saturated heterocycles. The van der Waals surface area contributed by atoms with E-state index < -0.39 is 0 Å². The first-order valence-corrected chi connectivity index (χ1v) is 7.91. The molecular weight excluding hydrogens is 262 g/mol. The van der Waals surface area contributed by atoms with Gasteiger partial charge in [0.25, 0.3) is 5.91 Å². The topological polar surface area (TPSA) is 35.6 Å². The third-order valence-corrected chi connectivity index (χ3v) is 5.03. The summed E-state index contributed by atoms with van der Waals surface area (Å²) in [5, 5.41) is 3.46. The number of hydrogen-bond donors (Lipinski definition) is 1. The number of carbonyl (C=O) groups is 1. The highest BCUT2D eigenvalue weighted by atomic mass is 16.2. The number of carbonyl (C=O) groups excluding carboxylic acids is 1. The van der Waals surface area contributed by atoms with Crippen molar-refractivity contribution in [1.29, 1.82) is 0 Å². The van der Waals surface area contributed by atoms with Crippen molar-refractivity contribution in [3.8, 4) is 0 Å². The average Bonchev–Trinajstić information content (AvgIpc) is 3.06. The van der Waals surface area contributed by atoms with Gasteiger partial charge < -0.3 is 15.1 Å². The lowest BCUT2D eigenvalue weighted by molar-refractivity contribution is 0.0711. The summed E-state index contributed by atoms with van der Waals surface area (Å²) < 4.78 is 0. The second-order valence-corrected chi connectivity index (χ2v) is 6.46. The molecule has 0 spiro atoms. The molecule has 2 fully saturated rings. The number of hydrogen-bond acceptors (Lipinski definition) is 3. The minimum atomic E-state index is 0.196. The quantitative estimate of drug-likeness (QED) is 0.921. The molecule has 0 radical (unpaired) electrons. The van der Waals surface area contributed by atoms with Crippen LogP contribution < -0.4 is 10.2 Å². The fourth-order valence-electron chi connectivity index (χ4n) is 3.85. The maximum atomic E-state index is 12.8. The second kappa shape index (κ2) is 5.68. The van der Waals surface area contributed by atoms with Gasteiger partial charge in [-0.1, -0.05) is 6.92 Å². The lowest BCUT2D eigenvalue weighted by atomic mass is 9.93. The molecule has 2 aliphatic heterocycles. The molecule has 114 valence electrons. The van der Waals surface area contributed by atoms with Crippen molar-refractivity contribution in [2.24, 2.45) is 11.8 Å². The highest BCUT2D eigenvalue weighted by Crippen LogP contribution is 2.35. The predicted octanol–water partition coefficient (Wildman–Crippen LogP) is 1.82. The first kappa shape index (κ1) is 14.4. The van der Waals surface area contributed by atoms with E-state index in [9.17, 15) is 4.79 Å². The Morgan fingerprint density at radius 3 is 2.62 bits per heavy atom. The van der Waals surface area contributed by atoms with Crippen molar-refractivity contribution >= 4 is 11.6 Å². The summed E-state index contributed by atoms with van der Waals surface area (Å²) in [7, 11) is 4.03. The summed E-state index contributed by atoms with van der Waals surface area (Å²) >= 11 is 0. The highest BCUT2D eigenvalue weighted by molar-refractivity contribution is 5.95. The molecule has 4 heteroatoms. The Kier molecular flexibility index (Phi) is 3.89. The van der Waals surface area contributed by atoms with Gasteiger partial charge in [-0.25, -0.2) is 0 Å². The number of likely N-dealkylation sites (tertiary alicyclic amines) is 1.